The van der Waals surface area contributed by atoms with Gasteiger partial charge >= 0.3 is 5.97 Å². The van der Waals surface area contributed by atoms with E-state index in [-0.39, 0.29) is 5.92 Å². The van der Waals surface area contributed by atoms with Crippen molar-refractivity contribution in [3.8, 4) is 6.07 Å². The molecule has 1 aromatic rings. The highest BCUT2D eigenvalue weighted by Crippen LogP contribution is 2.34. The van der Waals surface area contributed by atoms with Crippen LogP contribution < -0.4 is 4.90 Å². The number of rotatable bonds is 2. The molecule has 0 spiro atoms. The molecule has 0 bridgehead atoms. The molecule has 0 atom stereocenters. The van der Waals surface area contributed by atoms with E-state index in [0.717, 1.165) is 0 Å². The van der Waals surface area contributed by atoms with Crippen molar-refractivity contribution in [3.05, 3.63) is 28.8 Å². The monoisotopic (exact) mass is 236 g/mol. The molecule has 0 radical (unpaired) electrons. The van der Waals surface area contributed by atoms with E-state index in [1.54, 1.807) is 18.2 Å². The van der Waals surface area contributed by atoms with Gasteiger partial charge in [0.2, 0.25) is 0 Å². The minimum Gasteiger partial charge on any atom is -0.481 e. The largest absolute Gasteiger partial charge is 0.481 e. The van der Waals surface area contributed by atoms with E-state index in [2.05, 4.69) is 6.07 Å². The first-order chi connectivity index (χ1) is 7.63. The van der Waals surface area contributed by atoms with Crippen molar-refractivity contribution < 1.29 is 9.90 Å². The number of carbonyl (C=O) groups is 1. The lowest BCUT2D eigenvalue weighted by atomic mass is 9.98. The van der Waals surface area contributed by atoms with E-state index in [4.69, 9.17) is 22.0 Å². The molecule has 16 heavy (non-hydrogen) atoms. The standard InChI is InChI=1S/C11H9ClN2O2/c12-9-3-1-2-7(4-13)10(9)14-5-8(6-14)11(15)16/h1-3,8H,5-6H2,(H,15,16). The summed E-state index contributed by atoms with van der Waals surface area (Å²) >= 11 is 6.00. The van der Waals surface area contributed by atoms with Crippen molar-refractivity contribution in [2.24, 2.45) is 5.92 Å². The molecule has 0 unspecified atom stereocenters. The van der Waals surface area contributed by atoms with Crippen LogP contribution in [0.1, 0.15) is 5.56 Å². The number of anilines is 1. The van der Waals surface area contributed by atoms with Gasteiger partial charge in [0.1, 0.15) is 6.07 Å². The lowest BCUT2D eigenvalue weighted by Gasteiger charge is -2.39. The summed E-state index contributed by atoms with van der Waals surface area (Å²) in [7, 11) is 0. The van der Waals surface area contributed by atoms with Crippen molar-refractivity contribution in [1.29, 1.82) is 5.26 Å². The second kappa shape index (κ2) is 4.03. The maximum absolute atomic E-state index is 10.7. The average molecular weight is 237 g/mol. The lowest BCUT2D eigenvalue weighted by molar-refractivity contribution is -0.142. The van der Waals surface area contributed by atoms with E-state index >= 15 is 0 Å². The topological polar surface area (TPSA) is 64.3 Å². The van der Waals surface area contributed by atoms with Crippen LogP contribution in [-0.2, 0) is 4.79 Å². The highest BCUT2D eigenvalue weighted by atomic mass is 35.5. The number of hydrogen-bond acceptors (Lipinski definition) is 3. The van der Waals surface area contributed by atoms with Crippen molar-refractivity contribution in [2.45, 2.75) is 0 Å². The first-order valence-corrected chi connectivity index (χ1v) is 5.17. The second-order valence-corrected chi connectivity index (χ2v) is 4.10. The van der Waals surface area contributed by atoms with Crippen LogP contribution in [0.3, 0.4) is 0 Å². The van der Waals surface area contributed by atoms with Crippen LogP contribution in [-0.4, -0.2) is 24.2 Å². The molecule has 0 amide bonds. The first kappa shape index (κ1) is 10.8. The van der Waals surface area contributed by atoms with Crippen LogP contribution in [0.4, 0.5) is 5.69 Å². The van der Waals surface area contributed by atoms with Gasteiger partial charge in [0, 0.05) is 13.1 Å². The van der Waals surface area contributed by atoms with E-state index in [0.29, 0.717) is 29.4 Å². The van der Waals surface area contributed by atoms with Gasteiger partial charge in [0.15, 0.2) is 0 Å². The number of carboxylic acids is 1. The summed E-state index contributed by atoms with van der Waals surface area (Å²) in [6.07, 6.45) is 0. The van der Waals surface area contributed by atoms with Gasteiger partial charge in [-0.3, -0.25) is 4.79 Å². The fraction of sp³-hybridized carbons (Fsp3) is 0.273. The van der Waals surface area contributed by atoms with Crippen LogP contribution >= 0.6 is 11.6 Å². The molecule has 4 nitrogen and oxygen atoms in total. The predicted molar refractivity (Wildman–Crippen MR) is 59.5 cm³/mol. The molecule has 2 rings (SSSR count). The normalized spacial score (nSPS) is 15.4. The zero-order valence-corrected chi connectivity index (χ0v) is 9.11. The molecule has 82 valence electrons. The molecule has 0 saturated carbocycles. The third-order valence-electron chi connectivity index (χ3n) is 2.65. The van der Waals surface area contributed by atoms with Gasteiger partial charge in [-0.15, -0.1) is 0 Å². The summed E-state index contributed by atoms with van der Waals surface area (Å²) in [4.78, 5) is 12.5. The first-order valence-electron chi connectivity index (χ1n) is 4.80. The van der Waals surface area contributed by atoms with Crippen LogP contribution in [0.25, 0.3) is 0 Å². The van der Waals surface area contributed by atoms with E-state index < -0.39 is 5.97 Å². The SMILES string of the molecule is N#Cc1cccc(Cl)c1N1CC(C(=O)O)C1. The number of para-hydroxylation sites is 1. The predicted octanol–water partition coefficient (Wildman–Crippen LogP) is 1.73. The molecule has 5 heteroatoms. The molecule has 1 N–H and O–H groups in total. The fourth-order valence-electron chi connectivity index (χ4n) is 1.74. The Labute approximate surface area is 97.7 Å². The van der Waals surface area contributed by atoms with Gasteiger partial charge in [0.05, 0.1) is 22.2 Å². The van der Waals surface area contributed by atoms with Gasteiger partial charge in [-0.2, -0.15) is 5.26 Å². The average Bonchev–Trinajstić information content (AvgIpc) is 2.17. The molecule has 0 aliphatic carbocycles. The van der Waals surface area contributed by atoms with E-state index in [9.17, 15) is 4.79 Å². The quantitative estimate of drug-likeness (QED) is 0.850. The molecule has 0 aromatic heterocycles. The second-order valence-electron chi connectivity index (χ2n) is 3.69. The van der Waals surface area contributed by atoms with Gasteiger partial charge < -0.3 is 10.0 Å². The van der Waals surface area contributed by atoms with Gasteiger partial charge in [0.25, 0.3) is 0 Å². The number of hydrogen-bond donors (Lipinski definition) is 1. The third-order valence-corrected chi connectivity index (χ3v) is 2.96. The van der Waals surface area contributed by atoms with Crippen molar-refractivity contribution in [3.63, 3.8) is 0 Å². The molecule has 1 aliphatic heterocycles. The van der Waals surface area contributed by atoms with Gasteiger partial charge in [-0.05, 0) is 12.1 Å². The Morgan fingerprint density at radius 3 is 2.81 bits per heavy atom. The van der Waals surface area contributed by atoms with Crippen LogP contribution in [0.5, 0.6) is 0 Å². The smallest absolute Gasteiger partial charge is 0.310 e. The highest BCUT2D eigenvalue weighted by molar-refractivity contribution is 6.33. The van der Waals surface area contributed by atoms with Crippen molar-refractivity contribution in [1.82, 2.24) is 0 Å². The Morgan fingerprint density at radius 1 is 1.56 bits per heavy atom. The number of aliphatic carboxylic acids is 1. The minimum atomic E-state index is -0.804. The zero-order valence-electron chi connectivity index (χ0n) is 8.35. The fourth-order valence-corrected chi connectivity index (χ4v) is 2.04. The maximum Gasteiger partial charge on any atom is 0.310 e. The van der Waals surface area contributed by atoms with Crippen LogP contribution in [0.2, 0.25) is 5.02 Å². The molecule has 1 aromatic carbocycles. The summed E-state index contributed by atoms with van der Waals surface area (Å²) in [6, 6.07) is 7.14. The molecule has 1 aliphatic rings. The van der Waals surface area contributed by atoms with E-state index in [1.165, 1.54) is 0 Å². The third kappa shape index (κ3) is 1.70. The van der Waals surface area contributed by atoms with Crippen LogP contribution in [0.15, 0.2) is 18.2 Å². The number of benzene rings is 1. The Kier molecular flexibility index (Phi) is 2.71. The van der Waals surface area contributed by atoms with Crippen LogP contribution in [0, 0.1) is 17.2 Å². The Hall–Kier alpha value is -1.73. The maximum atomic E-state index is 10.7. The number of nitrogens with zero attached hydrogens (tertiary/aromatic N) is 2. The Balaban J connectivity index is 2.24. The molecule has 1 fully saturated rings. The summed E-state index contributed by atoms with van der Waals surface area (Å²) < 4.78 is 0. The van der Waals surface area contributed by atoms with Crippen molar-refractivity contribution in [2.75, 3.05) is 18.0 Å². The number of halogens is 1. The Morgan fingerprint density at radius 2 is 2.25 bits per heavy atom. The summed E-state index contributed by atoms with van der Waals surface area (Å²) in [6.45, 7) is 0.821. The molecular weight excluding hydrogens is 228 g/mol. The molecular formula is C11H9ClN2O2. The zero-order chi connectivity index (χ0) is 11.7. The molecule has 1 heterocycles. The molecule has 1 saturated heterocycles. The van der Waals surface area contributed by atoms with Gasteiger partial charge in [-0.1, -0.05) is 17.7 Å². The number of nitriles is 1. The van der Waals surface area contributed by atoms with Gasteiger partial charge in [-0.25, -0.2) is 0 Å². The van der Waals surface area contributed by atoms with Crippen molar-refractivity contribution >= 4 is 23.3 Å². The van der Waals surface area contributed by atoms with E-state index in [1.807, 2.05) is 4.90 Å². The summed E-state index contributed by atoms with van der Waals surface area (Å²) in [5, 5.41) is 18.2. The summed E-state index contributed by atoms with van der Waals surface area (Å²) in [5.74, 6) is -1.16. The summed E-state index contributed by atoms with van der Waals surface area (Å²) in [5.41, 5.74) is 1.13. The number of carboxylic acid groups (broad SMARTS) is 1. The minimum absolute atomic E-state index is 0.359. The Bertz CT molecular complexity index is 475. The lowest BCUT2D eigenvalue weighted by Crippen LogP contribution is -2.50. The highest BCUT2D eigenvalue weighted by Gasteiger charge is 2.34.